The van der Waals surface area contributed by atoms with Crippen LogP contribution in [0, 0.1) is 17.1 Å². The van der Waals surface area contributed by atoms with Crippen molar-refractivity contribution in [1.29, 1.82) is 5.26 Å². The minimum atomic E-state index is -0.527. The zero-order valence-electron chi connectivity index (χ0n) is 8.16. The summed E-state index contributed by atoms with van der Waals surface area (Å²) in [5.74, 6) is -0.0406. The fourth-order valence-electron chi connectivity index (χ4n) is 1.58. The van der Waals surface area contributed by atoms with Crippen LogP contribution in [-0.4, -0.2) is 19.2 Å². The highest BCUT2D eigenvalue weighted by molar-refractivity contribution is 5.36. The van der Waals surface area contributed by atoms with E-state index in [2.05, 4.69) is 5.32 Å². The molecule has 0 amide bonds. The minimum Gasteiger partial charge on any atom is -0.489 e. The monoisotopic (exact) mass is 206 g/mol. The van der Waals surface area contributed by atoms with Gasteiger partial charge in [-0.3, -0.25) is 0 Å². The lowest BCUT2D eigenvalue weighted by atomic mass is 10.2. The van der Waals surface area contributed by atoms with Crippen LogP contribution in [0.4, 0.5) is 4.39 Å². The molecular formula is C11H11FN2O. The molecule has 1 saturated heterocycles. The highest BCUT2D eigenvalue weighted by Crippen LogP contribution is 2.18. The van der Waals surface area contributed by atoms with E-state index in [9.17, 15) is 4.39 Å². The van der Waals surface area contributed by atoms with Crippen LogP contribution in [0.5, 0.6) is 5.75 Å². The van der Waals surface area contributed by atoms with Crippen LogP contribution in [0.25, 0.3) is 0 Å². The number of rotatable bonds is 2. The van der Waals surface area contributed by atoms with Crippen LogP contribution in [0.3, 0.4) is 0 Å². The van der Waals surface area contributed by atoms with Crippen molar-refractivity contribution in [2.24, 2.45) is 0 Å². The first-order valence-electron chi connectivity index (χ1n) is 4.86. The number of halogens is 1. The first-order valence-corrected chi connectivity index (χ1v) is 4.86. The van der Waals surface area contributed by atoms with Crippen LogP contribution in [0.15, 0.2) is 18.2 Å². The standard InChI is InChI=1S/C11H11FN2O/c12-11-5-9(2-1-8(11)6-13)15-10-3-4-14-7-10/h1-2,5,10,14H,3-4,7H2/t10-/m0/s1. The van der Waals surface area contributed by atoms with Gasteiger partial charge in [0, 0.05) is 12.6 Å². The topological polar surface area (TPSA) is 45.0 Å². The maximum absolute atomic E-state index is 13.2. The molecule has 1 aliphatic heterocycles. The molecule has 2 rings (SSSR count). The van der Waals surface area contributed by atoms with Gasteiger partial charge in [0.2, 0.25) is 0 Å². The van der Waals surface area contributed by atoms with Crippen LogP contribution in [0.1, 0.15) is 12.0 Å². The van der Waals surface area contributed by atoms with Gasteiger partial charge in [-0.05, 0) is 25.1 Å². The Morgan fingerprint density at radius 2 is 2.40 bits per heavy atom. The summed E-state index contributed by atoms with van der Waals surface area (Å²) in [5, 5.41) is 11.7. The van der Waals surface area contributed by atoms with Crippen molar-refractivity contribution in [3.63, 3.8) is 0 Å². The fourth-order valence-corrected chi connectivity index (χ4v) is 1.58. The van der Waals surface area contributed by atoms with E-state index in [1.54, 1.807) is 12.1 Å². The summed E-state index contributed by atoms with van der Waals surface area (Å²) >= 11 is 0. The zero-order chi connectivity index (χ0) is 10.7. The van der Waals surface area contributed by atoms with Gasteiger partial charge in [0.15, 0.2) is 0 Å². The van der Waals surface area contributed by atoms with E-state index in [4.69, 9.17) is 10.00 Å². The van der Waals surface area contributed by atoms with Crippen LogP contribution in [0.2, 0.25) is 0 Å². The first-order chi connectivity index (χ1) is 7.29. The summed E-state index contributed by atoms with van der Waals surface area (Å²) < 4.78 is 18.7. The van der Waals surface area contributed by atoms with E-state index in [1.165, 1.54) is 12.1 Å². The Labute approximate surface area is 87.5 Å². The Morgan fingerprint density at radius 3 is 3.00 bits per heavy atom. The molecule has 4 heteroatoms. The lowest BCUT2D eigenvalue weighted by molar-refractivity contribution is 0.222. The highest BCUT2D eigenvalue weighted by atomic mass is 19.1. The number of ether oxygens (including phenoxy) is 1. The smallest absolute Gasteiger partial charge is 0.144 e. The molecule has 1 heterocycles. The van der Waals surface area contributed by atoms with Gasteiger partial charge in [-0.15, -0.1) is 0 Å². The van der Waals surface area contributed by atoms with Crippen molar-refractivity contribution in [1.82, 2.24) is 5.32 Å². The first kappa shape index (κ1) is 9.94. The van der Waals surface area contributed by atoms with Crippen LogP contribution in [-0.2, 0) is 0 Å². The van der Waals surface area contributed by atoms with Crippen molar-refractivity contribution in [3.05, 3.63) is 29.6 Å². The quantitative estimate of drug-likeness (QED) is 0.796. The molecule has 0 bridgehead atoms. The second-order valence-electron chi connectivity index (χ2n) is 3.49. The lowest BCUT2D eigenvalue weighted by Gasteiger charge is -2.12. The maximum atomic E-state index is 13.2. The molecule has 1 N–H and O–H groups in total. The largest absolute Gasteiger partial charge is 0.489 e. The van der Waals surface area contributed by atoms with Crippen LogP contribution < -0.4 is 10.1 Å². The summed E-state index contributed by atoms with van der Waals surface area (Å²) in [4.78, 5) is 0. The van der Waals surface area contributed by atoms with Gasteiger partial charge in [-0.1, -0.05) is 0 Å². The Balaban J connectivity index is 2.09. The Hall–Kier alpha value is -1.60. The zero-order valence-corrected chi connectivity index (χ0v) is 8.16. The molecule has 1 atom stereocenters. The predicted molar refractivity (Wildman–Crippen MR) is 53.0 cm³/mol. The Morgan fingerprint density at radius 1 is 1.53 bits per heavy atom. The van der Waals surface area contributed by atoms with Crippen molar-refractivity contribution < 1.29 is 9.13 Å². The molecule has 1 aromatic rings. The van der Waals surface area contributed by atoms with Crippen molar-refractivity contribution in [2.45, 2.75) is 12.5 Å². The number of hydrogen-bond acceptors (Lipinski definition) is 3. The molecule has 0 radical (unpaired) electrons. The predicted octanol–water partition coefficient (Wildman–Crippen LogP) is 1.44. The number of benzene rings is 1. The van der Waals surface area contributed by atoms with Gasteiger partial charge < -0.3 is 10.1 Å². The van der Waals surface area contributed by atoms with Gasteiger partial charge in [-0.25, -0.2) is 4.39 Å². The third kappa shape index (κ3) is 2.25. The van der Waals surface area contributed by atoms with Gasteiger partial charge in [-0.2, -0.15) is 5.26 Å². The van der Waals surface area contributed by atoms with E-state index in [-0.39, 0.29) is 11.7 Å². The van der Waals surface area contributed by atoms with E-state index >= 15 is 0 Å². The molecule has 1 fully saturated rings. The molecule has 0 unspecified atom stereocenters. The third-order valence-electron chi connectivity index (χ3n) is 2.38. The molecule has 1 aliphatic rings. The maximum Gasteiger partial charge on any atom is 0.144 e. The summed E-state index contributed by atoms with van der Waals surface area (Å²) in [7, 11) is 0. The van der Waals surface area contributed by atoms with Crippen molar-refractivity contribution in [3.8, 4) is 11.8 Å². The molecular weight excluding hydrogens is 195 g/mol. The SMILES string of the molecule is N#Cc1ccc(O[C@H]2CCNC2)cc1F. The normalized spacial score (nSPS) is 19.9. The number of nitrogens with one attached hydrogen (secondary N) is 1. The van der Waals surface area contributed by atoms with E-state index < -0.39 is 5.82 Å². The van der Waals surface area contributed by atoms with Crippen LogP contribution >= 0.6 is 0 Å². The number of nitrogens with zero attached hydrogens (tertiary/aromatic N) is 1. The Bertz CT molecular complexity index is 394. The third-order valence-corrected chi connectivity index (χ3v) is 2.38. The second-order valence-corrected chi connectivity index (χ2v) is 3.49. The Kier molecular flexibility index (Phi) is 2.84. The average molecular weight is 206 g/mol. The average Bonchev–Trinajstić information content (AvgIpc) is 2.71. The van der Waals surface area contributed by atoms with E-state index in [0.717, 1.165) is 19.5 Å². The molecule has 0 saturated carbocycles. The molecule has 0 spiro atoms. The second kappa shape index (κ2) is 4.28. The van der Waals surface area contributed by atoms with Crippen molar-refractivity contribution >= 4 is 0 Å². The van der Waals surface area contributed by atoms with E-state index in [1.807, 2.05) is 0 Å². The summed E-state index contributed by atoms with van der Waals surface area (Å²) in [6.45, 7) is 1.73. The van der Waals surface area contributed by atoms with E-state index in [0.29, 0.717) is 5.75 Å². The molecule has 0 aromatic heterocycles. The summed E-state index contributed by atoms with van der Waals surface area (Å²) in [5.41, 5.74) is 0.0481. The minimum absolute atomic E-state index is 0.0481. The van der Waals surface area contributed by atoms with Gasteiger partial charge in [0.05, 0.1) is 5.56 Å². The van der Waals surface area contributed by atoms with Crippen molar-refractivity contribution in [2.75, 3.05) is 13.1 Å². The number of hydrogen-bond donors (Lipinski definition) is 1. The lowest BCUT2D eigenvalue weighted by Crippen LogP contribution is -2.19. The van der Waals surface area contributed by atoms with Gasteiger partial charge in [0.25, 0.3) is 0 Å². The molecule has 0 aliphatic carbocycles. The van der Waals surface area contributed by atoms with Gasteiger partial charge >= 0.3 is 0 Å². The molecule has 1 aromatic carbocycles. The fraction of sp³-hybridized carbons (Fsp3) is 0.364. The molecule has 78 valence electrons. The number of nitriles is 1. The summed E-state index contributed by atoms with van der Waals surface area (Å²) in [6, 6.07) is 6.10. The highest BCUT2D eigenvalue weighted by Gasteiger charge is 2.16. The molecule has 3 nitrogen and oxygen atoms in total. The van der Waals surface area contributed by atoms with Gasteiger partial charge in [0.1, 0.15) is 23.7 Å². The summed E-state index contributed by atoms with van der Waals surface area (Å²) in [6.07, 6.45) is 1.04. The molecule has 15 heavy (non-hydrogen) atoms.